The van der Waals surface area contributed by atoms with Crippen molar-refractivity contribution in [1.82, 2.24) is 9.80 Å². The highest BCUT2D eigenvalue weighted by atomic mass is 19.4. The molecule has 4 rings (SSSR count). The number of hydrogen-bond donors (Lipinski definition) is 0. The lowest BCUT2D eigenvalue weighted by Gasteiger charge is -2.41. The fraction of sp³-hybridized carbons (Fsp3) is 0.719. The number of piperidine rings is 1. The van der Waals surface area contributed by atoms with Crippen LogP contribution in [0.15, 0.2) is 12.1 Å². The van der Waals surface area contributed by atoms with Crippen LogP contribution >= 0.6 is 0 Å². The molecule has 1 aromatic carbocycles. The topological polar surface area (TPSA) is 97.9 Å². The largest absolute Gasteiger partial charge is 0.478 e. The first-order valence-corrected chi connectivity index (χ1v) is 15.8. The summed E-state index contributed by atoms with van der Waals surface area (Å²) in [7, 11) is 1.57. The zero-order valence-corrected chi connectivity index (χ0v) is 26.9. The van der Waals surface area contributed by atoms with Crippen molar-refractivity contribution in [2.24, 2.45) is 5.92 Å². The van der Waals surface area contributed by atoms with Crippen molar-refractivity contribution < 1.29 is 46.5 Å². The summed E-state index contributed by atoms with van der Waals surface area (Å²) in [5.41, 5.74) is -2.25. The monoisotopic (exact) mass is 641 g/mol. The molecule has 0 saturated carbocycles. The van der Waals surface area contributed by atoms with Crippen LogP contribution in [0.25, 0.3) is 0 Å². The van der Waals surface area contributed by atoms with Crippen LogP contribution in [0.5, 0.6) is 5.75 Å². The Labute approximate surface area is 263 Å². The molecule has 13 heteroatoms. The minimum atomic E-state index is -4.86. The summed E-state index contributed by atoms with van der Waals surface area (Å²) in [6, 6.07) is 1.51. The lowest BCUT2D eigenvalue weighted by Crippen LogP contribution is -2.53. The van der Waals surface area contributed by atoms with E-state index in [1.54, 1.807) is 34.8 Å². The molecule has 3 heterocycles. The Balaban J connectivity index is 1.69. The summed E-state index contributed by atoms with van der Waals surface area (Å²) in [6.45, 7) is 9.25. The number of hydrogen-bond acceptors (Lipinski definition) is 7. The zero-order chi connectivity index (χ0) is 32.9. The highest BCUT2D eigenvalue weighted by molar-refractivity contribution is 6.03. The van der Waals surface area contributed by atoms with Gasteiger partial charge in [-0.1, -0.05) is 0 Å². The number of fused-ring (bicyclic) bond motifs is 1. The van der Waals surface area contributed by atoms with Crippen LogP contribution in [-0.4, -0.2) is 98.6 Å². The third-order valence-corrected chi connectivity index (χ3v) is 8.45. The summed E-state index contributed by atoms with van der Waals surface area (Å²) in [5.74, 6) is -1.43. The van der Waals surface area contributed by atoms with E-state index in [9.17, 15) is 27.6 Å². The highest BCUT2D eigenvalue weighted by Crippen LogP contribution is 2.44. The van der Waals surface area contributed by atoms with Gasteiger partial charge in [-0.3, -0.25) is 9.59 Å². The van der Waals surface area contributed by atoms with Crippen LogP contribution in [0.3, 0.4) is 0 Å². The number of amides is 3. The summed E-state index contributed by atoms with van der Waals surface area (Å²) in [6.07, 6.45) is -2.95. The molecule has 2 atom stereocenters. The summed E-state index contributed by atoms with van der Waals surface area (Å²) < 4.78 is 66.0. The molecule has 10 nitrogen and oxygen atoms in total. The van der Waals surface area contributed by atoms with E-state index >= 15 is 0 Å². The molecular formula is C32H46F3N3O7. The molecule has 1 unspecified atom stereocenters. The predicted octanol–water partition coefficient (Wildman–Crippen LogP) is 5.51. The molecule has 0 N–H and O–H groups in total. The number of carbonyl (C=O) groups excluding carboxylic acids is 3. The number of carbonyl (C=O) groups is 3. The molecular weight excluding hydrogens is 595 g/mol. The number of likely N-dealkylation sites (tertiary alicyclic amines) is 1. The van der Waals surface area contributed by atoms with Crippen molar-refractivity contribution in [2.45, 2.75) is 90.1 Å². The molecule has 2 fully saturated rings. The van der Waals surface area contributed by atoms with Crippen molar-refractivity contribution in [3.05, 3.63) is 23.3 Å². The number of methoxy groups -OCH3 is 1. The lowest BCUT2D eigenvalue weighted by atomic mass is 9.91. The van der Waals surface area contributed by atoms with Gasteiger partial charge in [-0.2, -0.15) is 13.2 Å². The number of benzene rings is 1. The number of anilines is 1. The van der Waals surface area contributed by atoms with Gasteiger partial charge in [0.15, 0.2) is 6.10 Å². The van der Waals surface area contributed by atoms with Gasteiger partial charge in [-0.25, -0.2) is 4.79 Å². The molecule has 252 valence electrons. The Kier molecular flexibility index (Phi) is 11.3. The molecule has 3 amide bonds. The van der Waals surface area contributed by atoms with Gasteiger partial charge < -0.3 is 33.6 Å². The molecule has 1 aromatic rings. The molecule has 0 bridgehead atoms. The maximum absolute atomic E-state index is 14.6. The standard InChI is InChI=1S/C32H46F3N3O7/c1-6-37(22-10-9-13-36(20-22)30(41)45-31(2,3)4)28(39)23-18-25-26(19-24(23)32(33,34)35)44-27(21-11-16-43-17-12-21)29(40)38(25)14-7-8-15-42-5/h18-19,21-22,27H,6-17,20H2,1-5H3/t22-,27?/m1/s1. The van der Waals surface area contributed by atoms with E-state index in [-0.39, 0.29) is 42.9 Å². The third kappa shape index (κ3) is 8.41. The summed E-state index contributed by atoms with van der Waals surface area (Å²) in [4.78, 5) is 45.0. The summed E-state index contributed by atoms with van der Waals surface area (Å²) in [5, 5.41) is 0. The van der Waals surface area contributed by atoms with Crippen LogP contribution < -0.4 is 9.64 Å². The number of ether oxygens (including phenoxy) is 4. The number of nitrogens with zero attached hydrogens (tertiary/aromatic N) is 3. The second kappa shape index (κ2) is 14.6. The zero-order valence-electron chi connectivity index (χ0n) is 26.9. The van der Waals surface area contributed by atoms with Gasteiger partial charge in [0.1, 0.15) is 11.4 Å². The highest BCUT2D eigenvalue weighted by Gasteiger charge is 2.44. The molecule has 45 heavy (non-hydrogen) atoms. The Hall–Kier alpha value is -3.06. The van der Waals surface area contributed by atoms with E-state index in [4.69, 9.17) is 18.9 Å². The second-order valence-corrected chi connectivity index (χ2v) is 12.9. The predicted molar refractivity (Wildman–Crippen MR) is 160 cm³/mol. The maximum Gasteiger partial charge on any atom is 0.417 e. The molecule has 0 aromatic heterocycles. The minimum absolute atomic E-state index is 0.0708. The Morgan fingerprint density at radius 2 is 1.80 bits per heavy atom. The first-order chi connectivity index (χ1) is 21.2. The SMILES string of the molecule is CCN(C(=O)c1cc2c(cc1C(F)(F)F)OC(C1CCOCC1)C(=O)N2CCCCOC)[C@@H]1CCCN(C(=O)OC(C)(C)C)C1. The van der Waals surface area contributed by atoms with Gasteiger partial charge in [0.05, 0.1) is 16.8 Å². The average Bonchev–Trinajstić information content (AvgIpc) is 2.99. The van der Waals surface area contributed by atoms with E-state index in [0.717, 1.165) is 12.1 Å². The van der Waals surface area contributed by atoms with Gasteiger partial charge in [-0.05, 0) is 78.4 Å². The van der Waals surface area contributed by atoms with Crippen LogP contribution in [0.4, 0.5) is 23.7 Å². The fourth-order valence-corrected chi connectivity index (χ4v) is 6.23. The van der Waals surface area contributed by atoms with Crippen LogP contribution in [0.2, 0.25) is 0 Å². The second-order valence-electron chi connectivity index (χ2n) is 12.9. The van der Waals surface area contributed by atoms with Gasteiger partial charge in [0, 0.05) is 65.1 Å². The smallest absolute Gasteiger partial charge is 0.417 e. The normalized spacial score (nSPS) is 21.3. The van der Waals surface area contributed by atoms with Crippen molar-refractivity contribution in [1.29, 1.82) is 0 Å². The number of alkyl halides is 3. The molecule has 2 saturated heterocycles. The fourth-order valence-electron chi connectivity index (χ4n) is 6.23. The van der Waals surface area contributed by atoms with E-state index < -0.39 is 47.1 Å². The van der Waals surface area contributed by atoms with Crippen LogP contribution in [0, 0.1) is 5.92 Å². The molecule has 0 radical (unpaired) electrons. The molecule has 3 aliphatic rings. The van der Waals surface area contributed by atoms with Crippen LogP contribution in [0.1, 0.15) is 82.1 Å². The average molecular weight is 642 g/mol. The minimum Gasteiger partial charge on any atom is -0.478 e. The molecule has 0 spiro atoms. The number of halogens is 3. The van der Waals surface area contributed by atoms with Crippen molar-refractivity contribution >= 4 is 23.6 Å². The summed E-state index contributed by atoms with van der Waals surface area (Å²) >= 11 is 0. The molecule has 0 aliphatic carbocycles. The van der Waals surface area contributed by atoms with E-state index in [1.807, 2.05) is 0 Å². The van der Waals surface area contributed by atoms with Crippen molar-refractivity contribution in [3.63, 3.8) is 0 Å². The van der Waals surface area contributed by atoms with Gasteiger partial charge in [0.2, 0.25) is 0 Å². The quantitative estimate of drug-likeness (QED) is 0.328. The number of unbranched alkanes of at least 4 members (excludes halogenated alkanes) is 1. The Morgan fingerprint density at radius 1 is 1.09 bits per heavy atom. The lowest BCUT2D eigenvalue weighted by molar-refractivity contribution is -0.138. The van der Waals surface area contributed by atoms with Gasteiger partial charge >= 0.3 is 12.3 Å². The Morgan fingerprint density at radius 3 is 2.42 bits per heavy atom. The first kappa shape index (κ1) is 34.8. The third-order valence-electron chi connectivity index (χ3n) is 8.45. The van der Waals surface area contributed by atoms with Gasteiger partial charge in [-0.15, -0.1) is 0 Å². The van der Waals surface area contributed by atoms with Crippen molar-refractivity contribution in [2.75, 3.05) is 58.0 Å². The van der Waals surface area contributed by atoms with E-state index in [1.165, 1.54) is 14.7 Å². The number of likely N-dealkylation sites (N-methyl/N-ethyl adjacent to an activating group) is 1. The first-order valence-electron chi connectivity index (χ1n) is 15.8. The molecule has 3 aliphatic heterocycles. The maximum atomic E-state index is 14.6. The van der Waals surface area contributed by atoms with Crippen LogP contribution in [-0.2, 0) is 25.2 Å². The number of rotatable bonds is 9. The van der Waals surface area contributed by atoms with Crippen molar-refractivity contribution in [3.8, 4) is 5.75 Å². The van der Waals surface area contributed by atoms with E-state index in [2.05, 4.69) is 0 Å². The Bertz CT molecular complexity index is 1210. The van der Waals surface area contributed by atoms with E-state index in [0.29, 0.717) is 64.9 Å². The van der Waals surface area contributed by atoms with Gasteiger partial charge in [0.25, 0.3) is 11.8 Å².